The van der Waals surface area contributed by atoms with Gasteiger partial charge in [0.15, 0.2) is 0 Å². The number of hydrogen-bond acceptors (Lipinski definition) is 5. The van der Waals surface area contributed by atoms with Crippen LogP contribution in [0, 0.1) is 17.0 Å². The highest BCUT2D eigenvalue weighted by molar-refractivity contribution is 5.48. The van der Waals surface area contributed by atoms with Gasteiger partial charge >= 0.3 is 0 Å². The van der Waals surface area contributed by atoms with E-state index in [1.807, 2.05) is 17.8 Å². The minimum absolute atomic E-state index is 0.0782. The predicted molar refractivity (Wildman–Crippen MR) is 71.0 cm³/mol. The van der Waals surface area contributed by atoms with Gasteiger partial charge in [0, 0.05) is 44.2 Å². The molecule has 0 aliphatic heterocycles. The van der Waals surface area contributed by atoms with E-state index in [4.69, 9.17) is 0 Å². The highest BCUT2D eigenvalue weighted by Gasteiger charge is 2.11. The van der Waals surface area contributed by atoms with E-state index in [0.717, 1.165) is 12.2 Å². The zero-order valence-corrected chi connectivity index (χ0v) is 10.8. The summed E-state index contributed by atoms with van der Waals surface area (Å²) in [6.07, 6.45) is 5.85. The lowest BCUT2D eigenvalue weighted by atomic mass is 10.2. The number of pyridine rings is 1. The van der Waals surface area contributed by atoms with Crippen molar-refractivity contribution >= 4 is 11.5 Å². The highest BCUT2D eigenvalue weighted by Crippen LogP contribution is 2.19. The zero-order chi connectivity index (χ0) is 13.8. The van der Waals surface area contributed by atoms with Gasteiger partial charge < -0.3 is 9.88 Å². The number of hydrogen-bond donors (Lipinski definition) is 1. The summed E-state index contributed by atoms with van der Waals surface area (Å²) in [4.78, 5) is 18.7. The fourth-order valence-corrected chi connectivity index (χ4v) is 1.75. The molecule has 0 bridgehead atoms. The average Bonchev–Trinajstić information content (AvgIpc) is 2.77. The third-order valence-electron chi connectivity index (χ3n) is 2.85. The summed E-state index contributed by atoms with van der Waals surface area (Å²) < 4.78 is 1.94. The molecular formula is C12H15N5O2. The number of aromatic nitrogens is 3. The standard InChI is InChI=1S/C12H15N5O2/c1-9-8-15-11(7-10(9)17(18)19)13-4-3-12-14-5-6-16(12)2/h5-8H,3-4H2,1-2H3,(H,13,15). The molecular weight excluding hydrogens is 246 g/mol. The van der Waals surface area contributed by atoms with Crippen LogP contribution in [0.3, 0.4) is 0 Å². The normalized spacial score (nSPS) is 10.4. The number of anilines is 1. The lowest BCUT2D eigenvalue weighted by Gasteiger charge is -2.06. The van der Waals surface area contributed by atoms with Crippen molar-refractivity contribution in [2.75, 3.05) is 11.9 Å². The van der Waals surface area contributed by atoms with Gasteiger partial charge in [0.05, 0.1) is 11.0 Å². The van der Waals surface area contributed by atoms with Gasteiger partial charge in [0.2, 0.25) is 0 Å². The number of nitrogens with one attached hydrogen (secondary N) is 1. The first-order valence-electron chi connectivity index (χ1n) is 5.89. The van der Waals surface area contributed by atoms with E-state index in [0.29, 0.717) is 17.9 Å². The van der Waals surface area contributed by atoms with Crippen LogP contribution in [0.4, 0.5) is 11.5 Å². The molecule has 2 rings (SSSR count). The average molecular weight is 261 g/mol. The highest BCUT2D eigenvalue weighted by atomic mass is 16.6. The Hall–Kier alpha value is -2.44. The van der Waals surface area contributed by atoms with Crippen molar-refractivity contribution < 1.29 is 4.92 Å². The van der Waals surface area contributed by atoms with Crippen molar-refractivity contribution in [2.45, 2.75) is 13.3 Å². The maximum atomic E-state index is 10.8. The number of aryl methyl sites for hydroxylation is 2. The first kappa shape index (κ1) is 13.0. The Labute approximate surface area is 110 Å². The molecule has 0 saturated carbocycles. The molecule has 1 N–H and O–H groups in total. The minimum atomic E-state index is -0.402. The van der Waals surface area contributed by atoms with Gasteiger partial charge in [-0.25, -0.2) is 9.97 Å². The Kier molecular flexibility index (Phi) is 3.74. The van der Waals surface area contributed by atoms with E-state index in [9.17, 15) is 10.1 Å². The van der Waals surface area contributed by atoms with Crippen molar-refractivity contribution in [3.05, 3.63) is 46.2 Å². The number of imidazole rings is 1. The van der Waals surface area contributed by atoms with Crippen LogP contribution in [0.25, 0.3) is 0 Å². The van der Waals surface area contributed by atoms with Gasteiger partial charge in [-0.2, -0.15) is 0 Å². The van der Waals surface area contributed by atoms with E-state index < -0.39 is 4.92 Å². The molecule has 0 atom stereocenters. The molecule has 0 radical (unpaired) electrons. The van der Waals surface area contributed by atoms with Gasteiger partial charge in [0.25, 0.3) is 5.69 Å². The molecule has 7 heteroatoms. The Morgan fingerprint density at radius 3 is 2.89 bits per heavy atom. The zero-order valence-electron chi connectivity index (χ0n) is 10.8. The van der Waals surface area contributed by atoms with E-state index >= 15 is 0 Å². The molecule has 0 amide bonds. The Morgan fingerprint density at radius 1 is 1.47 bits per heavy atom. The van der Waals surface area contributed by atoms with Gasteiger partial charge in [-0.3, -0.25) is 10.1 Å². The van der Waals surface area contributed by atoms with E-state index in [-0.39, 0.29) is 5.69 Å². The number of rotatable bonds is 5. The fourth-order valence-electron chi connectivity index (χ4n) is 1.75. The van der Waals surface area contributed by atoms with Crippen LogP contribution in [-0.4, -0.2) is 26.0 Å². The van der Waals surface area contributed by atoms with Crippen molar-refractivity contribution in [1.82, 2.24) is 14.5 Å². The van der Waals surface area contributed by atoms with Crippen molar-refractivity contribution in [3.8, 4) is 0 Å². The van der Waals surface area contributed by atoms with E-state index in [2.05, 4.69) is 15.3 Å². The molecule has 7 nitrogen and oxygen atoms in total. The third kappa shape index (κ3) is 3.06. The number of nitrogens with zero attached hydrogens (tertiary/aromatic N) is 4. The van der Waals surface area contributed by atoms with Crippen LogP contribution in [0.1, 0.15) is 11.4 Å². The summed E-state index contributed by atoms with van der Waals surface area (Å²) in [6.45, 7) is 2.29. The number of nitro groups is 1. The fraction of sp³-hybridized carbons (Fsp3) is 0.333. The molecule has 2 aromatic heterocycles. The smallest absolute Gasteiger partial charge is 0.277 e. The molecule has 0 aromatic carbocycles. The molecule has 0 aliphatic rings. The molecule has 0 unspecified atom stereocenters. The van der Waals surface area contributed by atoms with E-state index in [1.54, 1.807) is 13.1 Å². The van der Waals surface area contributed by atoms with Crippen LogP contribution in [0.5, 0.6) is 0 Å². The van der Waals surface area contributed by atoms with Crippen LogP contribution in [0.15, 0.2) is 24.7 Å². The second kappa shape index (κ2) is 5.47. The minimum Gasteiger partial charge on any atom is -0.369 e. The Morgan fingerprint density at radius 2 is 2.26 bits per heavy atom. The summed E-state index contributed by atoms with van der Waals surface area (Å²) in [5.74, 6) is 1.46. The first-order chi connectivity index (χ1) is 9.08. The summed E-state index contributed by atoms with van der Waals surface area (Å²) in [5.41, 5.74) is 0.633. The van der Waals surface area contributed by atoms with Crippen molar-refractivity contribution in [2.24, 2.45) is 7.05 Å². The summed E-state index contributed by atoms with van der Waals surface area (Å²) >= 11 is 0. The molecule has 19 heavy (non-hydrogen) atoms. The lowest BCUT2D eigenvalue weighted by molar-refractivity contribution is -0.385. The third-order valence-corrected chi connectivity index (χ3v) is 2.85. The Bertz CT molecular complexity index is 594. The molecule has 0 saturated heterocycles. The van der Waals surface area contributed by atoms with Crippen LogP contribution in [-0.2, 0) is 13.5 Å². The van der Waals surface area contributed by atoms with Crippen molar-refractivity contribution in [1.29, 1.82) is 0 Å². The molecule has 0 aliphatic carbocycles. The lowest BCUT2D eigenvalue weighted by Crippen LogP contribution is -2.10. The SMILES string of the molecule is Cc1cnc(NCCc2nccn2C)cc1[N+](=O)[O-]. The monoisotopic (exact) mass is 261 g/mol. The first-order valence-corrected chi connectivity index (χ1v) is 5.89. The quantitative estimate of drug-likeness (QED) is 0.653. The second-order valence-electron chi connectivity index (χ2n) is 4.24. The van der Waals surface area contributed by atoms with Gasteiger partial charge in [-0.15, -0.1) is 0 Å². The van der Waals surface area contributed by atoms with Crippen LogP contribution >= 0.6 is 0 Å². The summed E-state index contributed by atoms with van der Waals surface area (Å²) in [6, 6.07) is 1.45. The molecule has 100 valence electrons. The predicted octanol–water partition coefficient (Wildman–Crippen LogP) is 1.69. The second-order valence-corrected chi connectivity index (χ2v) is 4.24. The van der Waals surface area contributed by atoms with Gasteiger partial charge in [0.1, 0.15) is 11.6 Å². The molecule has 0 spiro atoms. The van der Waals surface area contributed by atoms with Crippen LogP contribution < -0.4 is 5.32 Å². The summed E-state index contributed by atoms with van der Waals surface area (Å²) in [7, 11) is 1.93. The maximum Gasteiger partial charge on any atom is 0.277 e. The largest absolute Gasteiger partial charge is 0.369 e. The van der Waals surface area contributed by atoms with Gasteiger partial charge in [-0.1, -0.05) is 0 Å². The van der Waals surface area contributed by atoms with Crippen LogP contribution in [0.2, 0.25) is 0 Å². The molecule has 0 fully saturated rings. The van der Waals surface area contributed by atoms with Gasteiger partial charge in [-0.05, 0) is 6.92 Å². The van der Waals surface area contributed by atoms with Crippen molar-refractivity contribution in [3.63, 3.8) is 0 Å². The molecule has 2 heterocycles. The molecule has 2 aromatic rings. The van der Waals surface area contributed by atoms with E-state index in [1.165, 1.54) is 12.3 Å². The maximum absolute atomic E-state index is 10.8. The summed E-state index contributed by atoms with van der Waals surface area (Å²) in [5, 5.41) is 13.9. The topological polar surface area (TPSA) is 85.9 Å². The Balaban J connectivity index is 1.98.